The molecule has 2 heterocycles. The highest BCUT2D eigenvalue weighted by Gasteiger charge is 1.99. The standard InChI is InChI=1S/C11H10N2OS2/c1-14-9-5-6-11(13-8-9)16-15-10-4-2-3-7-12-10/h2-8H,1H3. The molecule has 0 saturated heterocycles. The van der Waals surface area contributed by atoms with Gasteiger partial charge < -0.3 is 4.74 Å². The van der Waals surface area contributed by atoms with Gasteiger partial charge in [0.1, 0.15) is 15.8 Å². The van der Waals surface area contributed by atoms with Crippen LogP contribution in [-0.2, 0) is 0 Å². The zero-order valence-electron chi connectivity index (χ0n) is 8.66. The number of ether oxygens (including phenoxy) is 1. The highest BCUT2D eigenvalue weighted by atomic mass is 33.1. The molecule has 0 N–H and O–H groups in total. The van der Waals surface area contributed by atoms with Crippen LogP contribution in [-0.4, -0.2) is 17.1 Å². The molecule has 0 aliphatic heterocycles. The van der Waals surface area contributed by atoms with E-state index in [2.05, 4.69) is 9.97 Å². The second kappa shape index (κ2) is 5.77. The molecule has 2 rings (SSSR count). The van der Waals surface area contributed by atoms with Crippen LogP contribution in [0.2, 0.25) is 0 Å². The van der Waals surface area contributed by atoms with Gasteiger partial charge in [-0.15, -0.1) is 0 Å². The maximum absolute atomic E-state index is 5.04. The molecule has 0 fully saturated rings. The zero-order chi connectivity index (χ0) is 11.2. The van der Waals surface area contributed by atoms with Gasteiger partial charge in [-0.3, -0.25) is 0 Å². The van der Waals surface area contributed by atoms with Gasteiger partial charge in [-0.25, -0.2) is 9.97 Å². The molecule has 0 radical (unpaired) electrons. The van der Waals surface area contributed by atoms with Crippen molar-refractivity contribution in [3.05, 3.63) is 42.7 Å². The monoisotopic (exact) mass is 250 g/mol. The van der Waals surface area contributed by atoms with Crippen molar-refractivity contribution < 1.29 is 4.74 Å². The molecule has 3 nitrogen and oxygen atoms in total. The zero-order valence-corrected chi connectivity index (χ0v) is 10.3. The fourth-order valence-corrected chi connectivity index (χ4v) is 2.75. The Labute approximate surface area is 102 Å². The van der Waals surface area contributed by atoms with Crippen molar-refractivity contribution >= 4 is 21.6 Å². The molecular weight excluding hydrogens is 240 g/mol. The largest absolute Gasteiger partial charge is 0.495 e. The number of nitrogens with zero attached hydrogens (tertiary/aromatic N) is 2. The molecule has 0 bridgehead atoms. The maximum atomic E-state index is 5.04. The molecular formula is C11H10N2OS2. The van der Waals surface area contributed by atoms with Crippen LogP contribution >= 0.6 is 21.6 Å². The third kappa shape index (κ3) is 3.15. The Balaban J connectivity index is 1.94. The molecule has 0 aliphatic carbocycles. The van der Waals surface area contributed by atoms with Crippen LogP contribution < -0.4 is 4.74 Å². The summed E-state index contributed by atoms with van der Waals surface area (Å²) in [6.07, 6.45) is 3.49. The minimum atomic E-state index is 0.771. The first-order valence-electron chi connectivity index (χ1n) is 4.64. The van der Waals surface area contributed by atoms with E-state index in [1.807, 2.05) is 30.3 Å². The molecule has 0 unspecified atom stereocenters. The minimum Gasteiger partial charge on any atom is -0.495 e. The van der Waals surface area contributed by atoms with Gasteiger partial charge >= 0.3 is 0 Å². The molecule has 82 valence electrons. The van der Waals surface area contributed by atoms with Gasteiger partial charge in [-0.05, 0) is 45.9 Å². The first-order valence-corrected chi connectivity index (χ1v) is 6.79. The summed E-state index contributed by atoms with van der Waals surface area (Å²) in [7, 11) is 4.80. The Morgan fingerprint density at radius 2 is 1.81 bits per heavy atom. The molecule has 0 saturated carbocycles. The van der Waals surface area contributed by atoms with Crippen LogP contribution in [0.15, 0.2) is 52.8 Å². The summed E-state index contributed by atoms with van der Waals surface area (Å²) >= 11 is 0. The lowest BCUT2D eigenvalue weighted by Crippen LogP contribution is -1.84. The van der Waals surface area contributed by atoms with Crippen LogP contribution in [0.1, 0.15) is 0 Å². The van der Waals surface area contributed by atoms with E-state index in [-0.39, 0.29) is 0 Å². The molecule has 2 aromatic rings. The van der Waals surface area contributed by atoms with Gasteiger partial charge in [0.05, 0.1) is 13.3 Å². The number of hydrogen-bond acceptors (Lipinski definition) is 5. The normalized spacial score (nSPS) is 10.1. The summed E-state index contributed by atoms with van der Waals surface area (Å²) in [5, 5.41) is 1.92. The molecule has 5 heteroatoms. The quantitative estimate of drug-likeness (QED) is 0.778. The average molecular weight is 250 g/mol. The predicted octanol–water partition coefficient (Wildman–Crippen LogP) is 3.28. The van der Waals surface area contributed by atoms with E-state index < -0.39 is 0 Å². The molecule has 0 amide bonds. The molecule has 0 atom stereocenters. The molecule has 0 spiro atoms. The smallest absolute Gasteiger partial charge is 0.137 e. The van der Waals surface area contributed by atoms with Gasteiger partial charge in [0.2, 0.25) is 0 Å². The molecule has 2 aromatic heterocycles. The second-order valence-corrected chi connectivity index (χ2v) is 5.04. The Bertz CT molecular complexity index is 433. The Kier molecular flexibility index (Phi) is 4.07. The van der Waals surface area contributed by atoms with Crippen LogP contribution in [0.4, 0.5) is 0 Å². The van der Waals surface area contributed by atoms with Crippen LogP contribution in [0, 0.1) is 0 Å². The number of hydrogen-bond donors (Lipinski definition) is 0. The Morgan fingerprint density at radius 3 is 2.38 bits per heavy atom. The lowest BCUT2D eigenvalue weighted by Gasteiger charge is -2.01. The summed E-state index contributed by atoms with van der Waals surface area (Å²) in [5.41, 5.74) is 0. The van der Waals surface area contributed by atoms with Crippen molar-refractivity contribution in [1.82, 2.24) is 9.97 Å². The highest BCUT2D eigenvalue weighted by Crippen LogP contribution is 2.35. The van der Waals surface area contributed by atoms with Crippen molar-refractivity contribution in [3.63, 3.8) is 0 Å². The van der Waals surface area contributed by atoms with Crippen LogP contribution in [0.25, 0.3) is 0 Å². The van der Waals surface area contributed by atoms with Gasteiger partial charge in [0.15, 0.2) is 0 Å². The average Bonchev–Trinajstić information content (AvgIpc) is 2.38. The summed E-state index contributed by atoms with van der Waals surface area (Å²) < 4.78 is 5.04. The van der Waals surface area contributed by atoms with Crippen molar-refractivity contribution in [2.24, 2.45) is 0 Å². The lowest BCUT2D eigenvalue weighted by molar-refractivity contribution is 0.412. The Hall–Kier alpha value is -1.20. The maximum Gasteiger partial charge on any atom is 0.137 e. The second-order valence-electron chi connectivity index (χ2n) is 2.87. The van der Waals surface area contributed by atoms with Crippen molar-refractivity contribution in [2.45, 2.75) is 10.1 Å². The van der Waals surface area contributed by atoms with E-state index in [9.17, 15) is 0 Å². The minimum absolute atomic E-state index is 0.771. The fourth-order valence-electron chi connectivity index (χ4n) is 1.02. The molecule has 16 heavy (non-hydrogen) atoms. The summed E-state index contributed by atoms with van der Waals surface area (Å²) in [4.78, 5) is 8.47. The van der Waals surface area contributed by atoms with Gasteiger partial charge in [0, 0.05) is 6.20 Å². The first kappa shape index (κ1) is 11.3. The lowest BCUT2D eigenvalue weighted by atomic mass is 10.5. The van der Waals surface area contributed by atoms with E-state index in [4.69, 9.17) is 4.74 Å². The van der Waals surface area contributed by atoms with Crippen molar-refractivity contribution in [2.75, 3.05) is 7.11 Å². The van der Waals surface area contributed by atoms with Crippen molar-refractivity contribution in [1.29, 1.82) is 0 Å². The van der Waals surface area contributed by atoms with Crippen molar-refractivity contribution in [3.8, 4) is 5.75 Å². The summed E-state index contributed by atoms with van der Waals surface area (Å²) in [5.74, 6) is 0.771. The first-order chi connectivity index (χ1) is 7.88. The Morgan fingerprint density at radius 1 is 1.00 bits per heavy atom. The van der Waals surface area contributed by atoms with E-state index in [0.717, 1.165) is 15.8 Å². The summed E-state index contributed by atoms with van der Waals surface area (Å²) in [6.45, 7) is 0. The SMILES string of the molecule is COc1ccc(SSc2ccccn2)nc1. The number of pyridine rings is 2. The number of aromatic nitrogens is 2. The van der Waals surface area contributed by atoms with Crippen LogP contribution in [0.3, 0.4) is 0 Å². The summed E-state index contributed by atoms with van der Waals surface area (Å²) in [6, 6.07) is 9.67. The topological polar surface area (TPSA) is 35.0 Å². The van der Waals surface area contributed by atoms with Gasteiger partial charge in [0.25, 0.3) is 0 Å². The van der Waals surface area contributed by atoms with Gasteiger partial charge in [-0.1, -0.05) is 6.07 Å². The third-order valence-corrected chi connectivity index (χ3v) is 3.98. The van der Waals surface area contributed by atoms with E-state index in [1.54, 1.807) is 41.1 Å². The fraction of sp³-hybridized carbons (Fsp3) is 0.0909. The number of rotatable bonds is 4. The molecule has 0 aromatic carbocycles. The number of methoxy groups -OCH3 is 1. The predicted molar refractivity (Wildman–Crippen MR) is 66.7 cm³/mol. The van der Waals surface area contributed by atoms with E-state index in [0.29, 0.717) is 0 Å². The third-order valence-electron chi connectivity index (χ3n) is 1.80. The molecule has 0 aliphatic rings. The van der Waals surface area contributed by atoms with Gasteiger partial charge in [-0.2, -0.15) is 0 Å². The van der Waals surface area contributed by atoms with E-state index in [1.165, 1.54) is 0 Å². The van der Waals surface area contributed by atoms with Crippen LogP contribution in [0.5, 0.6) is 5.75 Å². The van der Waals surface area contributed by atoms with E-state index >= 15 is 0 Å². The highest BCUT2D eigenvalue weighted by molar-refractivity contribution is 8.76.